The van der Waals surface area contributed by atoms with Crippen LogP contribution in [-0.4, -0.2) is 20.0 Å². The van der Waals surface area contributed by atoms with Crippen molar-refractivity contribution in [2.24, 2.45) is 0 Å². The minimum atomic E-state index is -4.79. The summed E-state index contributed by atoms with van der Waals surface area (Å²) in [7, 11) is 0. The van der Waals surface area contributed by atoms with Gasteiger partial charge in [-0.1, -0.05) is 11.3 Å². The highest BCUT2D eigenvalue weighted by Crippen LogP contribution is 2.32. The molecule has 0 bridgehead atoms. The summed E-state index contributed by atoms with van der Waals surface area (Å²) in [5, 5.41) is 7.57. The molecule has 0 unspecified atom stereocenters. The van der Waals surface area contributed by atoms with Gasteiger partial charge in [0, 0.05) is 12.3 Å². The van der Waals surface area contributed by atoms with Gasteiger partial charge in [-0.2, -0.15) is 13.2 Å². The molecule has 5 nitrogen and oxygen atoms in total. The number of hydrogen-bond acceptors (Lipinski definition) is 4. The van der Waals surface area contributed by atoms with Gasteiger partial charge in [0.15, 0.2) is 0 Å². The highest BCUT2D eigenvalue weighted by molar-refractivity contribution is 5.37. The molecule has 0 spiro atoms. The molecule has 3 aromatic rings. The van der Waals surface area contributed by atoms with E-state index in [0.717, 1.165) is 16.3 Å². The molecule has 0 saturated heterocycles. The number of rotatable bonds is 4. The highest BCUT2D eigenvalue weighted by Gasteiger charge is 2.34. The summed E-state index contributed by atoms with van der Waals surface area (Å²) in [5.41, 5.74) is 0.0541. The van der Waals surface area contributed by atoms with Gasteiger partial charge in [-0.05, 0) is 30.7 Å². The van der Waals surface area contributed by atoms with Gasteiger partial charge in [0.1, 0.15) is 18.1 Å². The topological polar surface area (TPSA) is 52.8 Å². The van der Waals surface area contributed by atoms with E-state index in [-0.39, 0.29) is 12.3 Å². The van der Waals surface area contributed by atoms with Crippen molar-refractivity contribution in [3.63, 3.8) is 0 Å². The molecule has 130 valence electrons. The SMILES string of the molecule is Cc1ccc(OCc2cn(-c3ccc(F)c(C(F)(F)F)c3)nn2)nc1. The van der Waals surface area contributed by atoms with Crippen molar-refractivity contribution in [1.29, 1.82) is 0 Å². The van der Waals surface area contributed by atoms with E-state index in [1.54, 1.807) is 12.3 Å². The van der Waals surface area contributed by atoms with Crippen LogP contribution < -0.4 is 4.74 Å². The molecule has 0 atom stereocenters. The van der Waals surface area contributed by atoms with Crippen molar-refractivity contribution in [2.45, 2.75) is 19.7 Å². The van der Waals surface area contributed by atoms with Crippen LogP contribution in [0.5, 0.6) is 5.88 Å². The predicted molar refractivity (Wildman–Crippen MR) is 79.6 cm³/mol. The molecule has 0 N–H and O–H groups in total. The lowest BCUT2D eigenvalue weighted by Crippen LogP contribution is -2.09. The van der Waals surface area contributed by atoms with Crippen molar-refractivity contribution < 1.29 is 22.3 Å². The molecule has 3 rings (SSSR count). The average Bonchev–Trinajstić information content (AvgIpc) is 3.03. The minimum absolute atomic E-state index is 0.0425. The number of ether oxygens (including phenoxy) is 1. The van der Waals surface area contributed by atoms with E-state index in [9.17, 15) is 17.6 Å². The van der Waals surface area contributed by atoms with E-state index < -0.39 is 17.6 Å². The number of alkyl halides is 3. The Morgan fingerprint density at radius 3 is 2.64 bits per heavy atom. The lowest BCUT2D eigenvalue weighted by molar-refractivity contribution is -0.140. The van der Waals surface area contributed by atoms with Crippen molar-refractivity contribution in [3.05, 3.63) is 65.4 Å². The maximum Gasteiger partial charge on any atom is 0.419 e. The first-order chi connectivity index (χ1) is 11.8. The minimum Gasteiger partial charge on any atom is -0.471 e. The van der Waals surface area contributed by atoms with E-state index in [1.807, 2.05) is 13.0 Å². The second-order valence-electron chi connectivity index (χ2n) is 5.28. The Labute approximate surface area is 139 Å². The van der Waals surface area contributed by atoms with Gasteiger partial charge in [-0.15, -0.1) is 5.10 Å². The van der Waals surface area contributed by atoms with Gasteiger partial charge >= 0.3 is 6.18 Å². The fraction of sp³-hybridized carbons (Fsp3) is 0.188. The number of halogens is 4. The van der Waals surface area contributed by atoms with Crippen LogP contribution in [0.2, 0.25) is 0 Å². The van der Waals surface area contributed by atoms with Gasteiger partial charge in [-0.3, -0.25) is 0 Å². The van der Waals surface area contributed by atoms with E-state index >= 15 is 0 Å². The molecular weight excluding hydrogens is 340 g/mol. The zero-order valence-corrected chi connectivity index (χ0v) is 13.0. The molecular formula is C16H12F4N4O. The van der Waals surface area contributed by atoms with E-state index in [0.29, 0.717) is 17.6 Å². The molecule has 1 aromatic carbocycles. The number of benzene rings is 1. The molecule has 9 heteroatoms. The Hall–Kier alpha value is -2.97. The van der Waals surface area contributed by atoms with Crippen LogP contribution in [0.4, 0.5) is 17.6 Å². The molecule has 0 saturated carbocycles. The monoisotopic (exact) mass is 352 g/mol. The standard InChI is InChI=1S/C16H12F4N4O/c1-10-2-5-15(21-7-10)25-9-11-8-24(23-22-11)12-3-4-14(17)13(6-12)16(18,19)20/h2-8H,9H2,1H3. The largest absolute Gasteiger partial charge is 0.471 e. The first-order valence-electron chi connectivity index (χ1n) is 7.17. The zero-order valence-electron chi connectivity index (χ0n) is 13.0. The number of aromatic nitrogens is 4. The Balaban J connectivity index is 1.76. The molecule has 0 radical (unpaired) electrons. The number of pyridine rings is 1. The van der Waals surface area contributed by atoms with Crippen molar-refractivity contribution in [3.8, 4) is 11.6 Å². The number of hydrogen-bond donors (Lipinski definition) is 0. The van der Waals surface area contributed by atoms with E-state index in [4.69, 9.17) is 4.74 Å². The van der Waals surface area contributed by atoms with Crippen LogP contribution in [0.1, 0.15) is 16.8 Å². The summed E-state index contributed by atoms with van der Waals surface area (Å²) in [6, 6.07) is 6.12. The Kier molecular flexibility index (Phi) is 4.39. The quantitative estimate of drug-likeness (QED) is 0.672. The second-order valence-corrected chi connectivity index (χ2v) is 5.28. The van der Waals surface area contributed by atoms with Crippen LogP contribution in [0.25, 0.3) is 5.69 Å². The lowest BCUT2D eigenvalue weighted by Gasteiger charge is -2.09. The Morgan fingerprint density at radius 1 is 1.16 bits per heavy atom. The summed E-state index contributed by atoms with van der Waals surface area (Å²) in [6.45, 7) is 1.93. The van der Waals surface area contributed by atoms with Gasteiger partial charge in [0.05, 0.1) is 17.4 Å². The molecule has 0 aliphatic heterocycles. The maximum atomic E-state index is 13.3. The van der Waals surface area contributed by atoms with Crippen LogP contribution in [0.15, 0.2) is 42.7 Å². The van der Waals surface area contributed by atoms with Crippen LogP contribution >= 0.6 is 0 Å². The van der Waals surface area contributed by atoms with Crippen LogP contribution in [-0.2, 0) is 12.8 Å². The third-order valence-electron chi connectivity index (χ3n) is 3.31. The number of nitrogens with zero attached hydrogens (tertiary/aromatic N) is 4. The molecule has 25 heavy (non-hydrogen) atoms. The molecule has 0 aliphatic rings. The molecule has 2 heterocycles. The van der Waals surface area contributed by atoms with Gasteiger partial charge in [0.25, 0.3) is 0 Å². The number of aryl methyl sites for hydroxylation is 1. The summed E-state index contributed by atoms with van der Waals surface area (Å²) >= 11 is 0. The van der Waals surface area contributed by atoms with Gasteiger partial charge in [-0.25, -0.2) is 14.1 Å². The average molecular weight is 352 g/mol. The first kappa shape index (κ1) is 16.9. The fourth-order valence-electron chi connectivity index (χ4n) is 2.05. The smallest absolute Gasteiger partial charge is 0.419 e. The van der Waals surface area contributed by atoms with E-state index in [2.05, 4.69) is 15.3 Å². The van der Waals surface area contributed by atoms with Crippen molar-refractivity contribution >= 4 is 0 Å². The van der Waals surface area contributed by atoms with Crippen LogP contribution in [0, 0.1) is 12.7 Å². The van der Waals surface area contributed by atoms with Gasteiger partial charge in [0.2, 0.25) is 5.88 Å². The molecule has 0 fully saturated rings. The summed E-state index contributed by atoms with van der Waals surface area (Å²) in [5.74, 6) is -0.952. The summed E-state index contributed by atoms with van der Waals surface area (Å²) in [6.07, 6.45) is -1.74. The summed E-state index contributed by atoms with van der Waals surface area (Å²) in [4.78, 5) is 4.06. The van der Waals surface area contributed by atoms with E-state index in [1.165, 1.54) is 12.3 Å². The molecule has 0 aliphatic carbocycles. The summed E-state index contributed by atoms with van der Waals surface area (Å²) < 4.78 is 58.2. The van der Waals surface area contributed by atoms with Crippen LogP contribution in [0.3, 0.4) is 0 Å². The lowest BCUT2D eigenvalue weighted by atomic mass is 10.2. The first-order valence-corrected chi connectivity index (χ1v) is 7.17. The Morgan fingerprint density at radius 2 is 1.96 bits per heavy atom. The second kappa shape index (κ2) is 6.50. The molecule has 0 amide bonds. The highest BCUT2D eigenvalue weighted by atomic mass is 19.4. The normalized spacial score (nSPS) is 11.6. The zero-order chi connectivity index (χ0) is 18.0. The molecule has 2 aromatic heterocycles. The van der Waals surface area contributed by atoms with Crippen molar-refractivity contribution in [2.75, 3.05) is 0 Å². The van der Waals surface area contributed by atoms with Crippen molar-refractivity contribution in [1.82, 2.24) is 20.0 Å². The third kappa shape index (κ3) is 3.93. The third-order valence-corrected chi connectivity index (χ3v) is 3.31. The predicted octanol–water partition coefficient (Wildman–Crippen LogP) is 3.71. The van der Waals surface area contributed by atoms with Gasteiger partial charge < -0.3 is 4.74 Å². The fourth-order valence-corrected chi connectivity index (χ4v) is 2.05. The maximum absolute atomic E-state index is 13.3. The Bertz CT molecular complexity index is 875.